The maximum Gasteiger partial charge on any atom is 0.272 e. The number of likely N-dealkylation sites (tertiary alicyclic amines) is 1. The number of aromatic nitrogens is 4. The van der Waals surface area contributed by atoms with Crippen LogP contribution in [0.1, 0.15) is 29.8 Å². The van der Waals surface area contributed by atoms with E-state index in [-0.39, 0.29) is 17.8 Å². The minimum atomic E-state index is -0.267. The molecule has 1 amide bonds. The second-order valence-electron chi connectivity index (χ2n) is 7.83. The smallest absolute Gasteiger partial charge is 0.272 e. The number of pyridine rings is 2. The minimum absolute atomic E-state index is 0.0378. The monoisotopic (exact) mass is 415 g/mol. The van der Waals surface area contributed by atoms with Crippen molar-refractivity contribution in [2.24, 2.45) is 0 Å². The number of halogens is 1. The molecule has 3 aromatic heterocycles. The van der Waals surface area contributed by atoms with Crippen LogP contribution in [-0.2, 0) is 6.54 Å². The molecule has 0 radical (unpaired) electrons. The molecule has 5 rings (SSSR count). The molecule has 0 aliphatic carbocycles. The summed E-state index contributed by atoms with van der Waals surface area (Å²) in [5.74, 6) is -0.336. The van der Waals surface area contributed by atoms with E-state index < -0.39 is 0 Å². The molecule has 4 aromatic rings. The summed E-state index contributed by atoms with van der Waals surface area (Å²) in [7, 11) is 0. The van der Waals surface area contributed by atoms with Gasteiger partial charge < -0.3 is 9.47 Å². The Kier molecular flexibility index (Phi) is 5.16. The van der Waals surface area contributed by atoms with Crippen molar-refractivity contribution in [3.05, 3.63) is 78.8 Å². The molecule has 6 nitrogen and oxygen atoms in total. The number of hydrogen-bond donors (Lipinski definition) is 0. The summed E-state index contributed by atoms with van der Waals surface area (Å²) in [5, 5.41) is 0.914. The molecule has 0 spiro atoms. The van der Waals surface area contributed by atoms with Crippen LogP contribution >= 0.6 is 0 Å². The van der Waals surface area contributed by atoms with Crippen molar-refractivity contribution in [3.63, 3.8) is 0 Å². The Morgan fingerprint density at radius 1 is 1.10 bits per heavy atom. The number of piperidine rings is 1. The van der Waals surface area contributed by atoms with Crippen LogP contribution in [0.2, 0.25) is 0 Å². The molecule has 31 heavy (non-hydrogen) atoms. The number of hydrogen-bond acceptors (Lipinski definition) is 4. The number of imidazole rings is 1. The lowest BCUT2D eigenvalue weighted by Gasteiger charge is -2.36. The molecule has 0 bridgehead atoms. The second kappa shape index (κ2) is 8.26. The fourth-order valence-electron chi connectivity index (χ4n) is 4.23. The molecule has 0 N–H and O–H groups in total. The first kappa shape index (κ1) is 19.4. The van der Waals surface area contributed by atoms with Gasteiger partial charge in [0.15, 0.2) is 5.65 Å². The Labute approximate surface area is 179 Å². The van der Waals surface area contributed by atoms with Crippen molar-refractivity contribution in [1.29, 1.82) is 0 Å². The van der Waals surface area contributed by atoms with Gasteiger partial charge in [0.05, 0.1) is 24.3 Å². The maximum absolute atomic E-state index is 13.3. The van der Waals surface area contributed by atoms with E-state index in [9.17, 15) is 9.18 Å². The van der Waals surface area contributed by atoms with Gasteiger partial charge in [-0.05, 0) is 73.4 Å². The maximum atomic E-state index is 13.3. The van der Waals surface area contributed by atoms with Gasteiger partial charge in [-0.3, -0.25) is 4.79 Å². The quantitative estimate of drug-likeness (QED) is 0.498. The third kappa shape index (κ3) is 3.91. The molecule has 1 aliphatic rings. The zero-order chi connectivity index (χ0) is 21.2. The first-order valence-electron chi connectivity index (χ1n) is 10.5. The number of rotatable bonds is 4. The molecule has 0 unspecified atom stereocenters. The Balaban J connectivity index is 1.40. The van der Waals surface area contributed by atoms with Crippen molar-refractivity contribution < 1.29 is 9.18 Å². The summed E-state index contributed by atoms with van der Waals surface area (Å²) in [6, 6.07) is 13.9. The molecule has 0 saturated carbocycles. The predicted molar refractivity (Wildman–Crippen MR) is 116 cm³/mol. The standard InChI is InChI=1S/C24H22FN5O/c25-19-9-6-17(7-10-19)22-14-26-16-29(22)15-20-5-1-2-13-30(20)24(31)21-11-8-18-4-3-12-27-23(18)28-21/h3-4,6-12,14,16,20H,1-2,5,13,15H2/t20-/m0/s1. The number of carbonyl (C=O) groups is 1. The zero-order valence-electron chi connectivity index (χ0n) is 17.0. The van der Waals surface area contributed by atoms with E-state index in [0.717, 1.165) is 35.9 Å². The average molecular weight is 415 g/mol. The van der Waals surface area contributed by atoms with Gasteiger partial charge >= 0.3 is 0 Å². The lowest BCUT2D eigenvalue weighted by atomic mass is 10.0. The van der Waals surface area contributed by atoms with Crippen LogP contribution in [0.5, 0.6) is 0 Å². The largest absolute Gasteiger partial charge is 0.333 e. The summed E-state index contributed by atoms with van der Waals surface area (Å²) in [5.41, 5.74) is 2.80. The van der Waals surface area contributed by atoms with Crippen LogP contribution in [0.3, 0.4) is 0 Å². The first-order chi connectivity index (χ1) is 15.2. The van der Waals surface area contributed by atoms with Crippen LogP contribution in [0.25, 0.3) is 22.3 Å². The SMILES string of the molecule is O=C(c1ccc2cccnc2n1)N1CCCC[C@H]1Cn1cncc1-c1ccc(F)cc1. The van der Waals surface area contributed by atoms with Crippen LogP contribution in [-0.4, -0.2) is 42.9 Å². The summed E-state index contributed by atoms with van der Waals surface area (Å²) in [4.78, 5) is 28.3. The lowest BCUT2D eigenvalue weighted by Crippen LogP contribution is -2.46. The fraction of sp³-hybridized carbons (Fsp3) is 0.250. The van der Waals surface area contributed by atoms with Gasteiger partial charge in [0.25, 0.3) is 5.91 Å². The predicted octanol–water partition coefficient (Wildman–Crippen LogP) is 4.33. The van der Waals surface area contributed by atoms with E-state index in [1.54, 1.807) is 36.9 Å². The molecule has 1 saturated heterocycles. The highest BCUT2D eigenvalue weighted by molar-refractivity contribution is 5.94. The van der Waals surface area contributed by atoms with Crippen molar-refractivity contribution in [3.8, 4) is 11.3 Å². The molecular formula is C24H22FN5O. The topological polar surface area (TPSA) is 63.9 Å². The number of benzene rings is 1. The van der Waals surface area contributed by atoms with Crippen LogP contribution < -0.4 is 0 Å². The number of carbonyl (C=O) groups excluding carboxylic acids is 1. The van der Waals surface area contributed by atoms with Gasteiger partial charge in [-0.2, -0.15) is 0 Å². The molecule has 1 fully saturated rings. The first-order valence-corrected chi connectivity index (χ1v) is 10.5. The Hall–Kier alpha value is -3.61. The van der Waals surface area contributed by atoms with Crippen molar-refractivity contribution in [1.82, 2.24) is 24.4 Å². The van der Waals surface area contributed by atoms with Crippen LogP contribution in [0.15, 0.2) is 67.3 Å². The summed E-state index contributed by atoms with van der Waals surface area (Å²) < 4.78 is 15.4. The molecule has 1 aromatic carbocycles. The van der Waals surface area contributed by atoms with Gasteiger partial charge in [0.1, 0.15) is 11.5 Å². The third-order valence-corrected chi connectivity index (χ3v) is 5.83. The highest BCUT2D eigenvalue weighted by atomic mass is 19.1. The molecule has 1 aliphatic heterocycles. The number of amides is 1. The van der Waals surface area contributed by atoms with Gasteiger partial charge in [0.2, 0.25) is 0 Å². The highest BCUT2D eigenvalue weighted by Crippen LogP contribution is 2.25. The van der Waals surface area contributed by atoms with E-state index in [4.69, 9.17) is 0 Å². The summed E-state index contributed by atoms with van der Waals surface area (Å²) in [6.07, 6.45) is 8.19. The number of nitrogens with zero attached hydrogens (tertiary/aromatic N) is 5. The molecular weight excluding hydrogens is 393 g/mol. The Morgan fingerprint density at radius 3 is 2.84 bits per heavy atom. The van der Waals surface area contributed by atoms with Crippen LogP contribution in [0.4, 0.5) is 4.39 Å². The van der Waals surface area contributed by atoms with E-state index >= 15 is 0 Å². The minimum Gasteiger partial charge on any atom is -0.333 e. The van der Waals surface area contributed by atoms with Gasteiger partial charge in [0, 0.05) is 24.7 Å². The van der Waals surface area contributed by atoms with Crippen molar-refractivity contribution in [2.45, 2.75) is 31.8 Å². The molecule has 7 heteroatoms. The van der Waals surface area contributed by atoms with E-state index in [1.807, 2.05) is 27.7 Å². The van der Waals surface area contributed by atoms with Crippen LogP contribution in [0, 0.1) is 5.82 Å². The number of fused-ring (bicyclic) bond motifs is 1. The Bertz CT molecular complexity index is 1220. The van der Waals surface area contributed by atoms with Gasteiger partial charge in [-0.1, -0.05) is 0 Å². The summed E-state index contributed by atoms with van der Waals surface area (Å²) in [6.45, 7) is 1.33. The van der Waals surface area contributed by atoms with Gasteiger partial charge in [-0.25, -0.2) is 19.3 Å². The molecule has 1 atom stereocenters. The van der Waals surface area contributed by atoms with Crippen molar-refractivity contribution in [2.75, 3.05) is 6.54 Å². The average Bonchev–Trinajstić information content (AvgIpc) is 3.27. The third-order valence-electron chi connectivity index (χ3n) is 5.83. The van der Waals surface area contributed by atoms with Crippen molar-refractivity contribution >= 4 is 16.9 Å². The Morgan fingerprint density at radius 2 is 1.97 bits per heavy atom. The fourth-order valence-corrected chi connectivity index (χ4v) is 4.23. The van der Waals surface area contributed by atoms with E-state index in [2.05, 4.69) is 15.0 Å². The normalized spacial score (nSPS) is 16.5. The second-order valence-corrected chi connectivity index (χ2v) is 7.83. The highest BCUT2D eigenvalue weighted by Gasteiger charge is 2.29. The van der Waals surface area contributed by atoms with E-state index in [1.165, 1.54) is 12.1 Å². The molecule has 4 heterocycles. The zero-order valence-corrected chi connectivity index (χ0v) is 17.0. The lowest BCUT2D eigenvalue weighted by molar-refractivity contribution is 0.0584. The summed E-state index contributed by atoms with van der Waals surface area (Å²) >= 11 is 0. The van der Waals surface area contributed by atoms with E-state index in [0.29, 0.717) is 24.4 Å². The molecule has 156 valence electrons. The van der Waals surface area contributed by atoms with Gasteiger partial charge in [-0.15, -0.1) is 0 Å².